The van der Waals surface area contributed by atoms with Crippen molar-refractivity contribution in [2.24, 2.45) is 11.8 Å². The van der Waals surface area contributed by atoms with Crippen LogP contribution in [0, 0.1) is 15.4 Å². The Labute approximate surface area is 218 Å². The van der Waals surface area contributed by atoms with Crippen LogP contribution in [0.25, 0.3) is 0 Å². The Morgan fingerprint density at radius 2 is 1.69 bits per heavy atom. The zero-order valence-electron chi connectivity index (χ0n) is 20.3. The van der Waals surface area contributed by atoms with Gasteiger partial charge in [-0.05, 0) is 88.7 Å². The average molecular weight is 601 g/mol. The van der Waals surface area contributed by atoms with Crippen LogP contribution in [0.15, 0.2) is 60.3 Å². The molecule has 0 spiro atoms. The summed E-state index contributed by atoms with van der Waals surface area (Å²) < 4.78 is 53.0. The second kappa shape index (κ2) is 11.2. The normalized spacial score (nSPS) is 21.4. The number of allylic oxidation sites excluding steroid dienone is 1. The summed E-state index contributed by atoms with van der Waals surface area (Å²) in [5, 5.41) is 2.30. The predicted octanol–water partition coefficient (Wildman–Crippen LogP) is 7.48. The van der Waals surface area contributed by atoms with E-state index in [9.17, 15) is 18.0 Å². The molecule has 0 aromatic heterocycles. The molecule has 0 aliphatic heterocycles. The van der Waals surface area contributed by atoms with E-state index in [0.717, 1.165) is 22.0 Å². The Kier molecular flexibility index (Phi) is 8.77. The fraction of sp³-hybridized carbons (Fsp3) is 0.444. The Balaban J connectivity index is 1.82. The van der Waals surface area contributed by atoms with Gasteiger partial charge in [0, 0.05) is 15.2 Å². The molecular weight excluding hydrogens is 570 g/mol. The number of hydrogen-bond donors (Lipinski definition) is 1. The van der Waals surface area contributed by atoms with Crippen LogP contribution in [-0.2, 0) is 14.9 Å². The number of methoxy groups -OCH3 is 1. The molecule has 1 aliphatic carbocycles. The topological polar surface area (TPSA) is 47.6 Å². The van der Waals surface area contributed by atoms with E-state index in [0.29, 0.717) is 24.2 Å². The minimum Gasteiger partial charge on any atom is -0.497 e. The Morgan fingerprint density at radius 3 is 2.26 bits per heavy atom. The van der Waals surface area contributed by atoms with Crippen LogP contribution in [0.4, 0.5) is 18.9 Å². The third kappa shape index (κ3) is 7.15. The summed E-state index contributed by atoms with van der Waals surface area (Å²) in [4.78, 5) is 12.8. The maximum atomic E-state index is 13.7. The van der Waals surface area contributed by atoms with Gasteiger partial charge >= 0.3 is 12.1 Å². The number of carbonyl (C=O) groups excluding carboxylic acids is 1. The van der Waals surface area contributed by atoms with E-state index in [1.807, 2.05) is 12.1 Å². The van der Waals surface area contributed by atoms with Gasteiger partial charge in [-0.2, -0.15) is 13.2 Å². The summed E-state index contributed by atoms with van der Waals surface area (Å²) in [6.07, 6.45) is -2.29. The molecular formula is C27H31F3INO3. The van der Waals surface area contributed by atoms with Crippen molar-refractivity contribution in [2.75, 3.05) is 12.4 Å². The molecule has 4 nitrogen and oxygen atoms in total. The first kappa shape index (κ1) is 27.4. The van der Waals surface area contributed by atoms with Gasteiger partial charge in [-0.1, -0.05) is 39.3 Å². The van der Waals surface area contributed by atoms with Crippen LogP contribution in [0.1, 0.15) is 45.6 Å². The number of carbonyl (C=O) groups is 1. The number of rotatable bonds is 7. The van der Waals surface area contributed by atoms with Gasteiger partial charge in [0.15, 0.2) is 0 Å². The van der Waals surface area contributed by atoms with Crippen molar-refractivity contribution in [1.29, 1.82) is 0 Å². The lowest BCUT2D eigenvalue weighted by atomic mass is 9.64. The predicted molar refractivity (Wildman–Crippen MR) is 139 cm³/mol. The summed E-state index contributed by atoms with van der Waals surface area (Å²) in [5.74, 6) is -0.179. The molecule has 1 fully saturated rings. The van der Waals surface area contributed by atoms with Crippen LogP contribution in [-0.4, -0.2) is 25.4 Å². The van der Waals surface area contributed by atoms with Gasteiger partial charge in [-0.15, -0.1) is 0 Å². The maximum Gasteiger partial charge on any atom is 0.431 e. The molecule has 1 aliphatic rings. The largest absolute Gasteiger partial charge is 0.497 e. The number of halogens is 4. The Morgan fingerprint density at radius 1 is 1.06 bits per heavy atom. The minimum atomic E-state index is -4.75. The third-order valence-corrected chi connectivity index (χ3v) is 7.49. The van der Waals surface area contributed by atoms with Gasteiger partial charge in [0.2, 0.25) is 0 Å². The first-order chi connectivity index (χ1) is 16.4. The molecule has 1 N–H and O–H groups in total. The first-order valence-electron chi connectivity index (χ1n) is 11.6. The fourth-order valence-electron chi connectivity index (χ4n) is 4.70. The monoisotopic (exact) mass is 601 g/mol. The molecule has 0 heterocycles. The summed E-state index contributed by atoms with van der Waals surface area (Å²) in [6.45, 7) is 6.30. The van der Waals surface area contributed by atoms with Crippen molar-refractivity contribution in [1.82, 2.24) is 0 Å². The molecule has 2 aromatic rings. The number of anilines is 1. The SMILES string of the molecule is COc1ccc(N/C(=C\C(=O)O[C@@H]2C[C@H](C)CC[C@H]2C(C)(C)c2ccc(I)cc2)C(F)(F)F)cc1. The molecule has 0 amide bonds. The standard InChI is InChI=1S/C27H31F3INO3/c1-17-5-14-22(26(2,3)18-6-8-19(31)9-7-18)23(15-17)35-25(33)16-24(27(28,29)30)32-20-10-12-21(34-4)13-11-20/h6-13,16-17,22-23,32H,5,14-15H2,1-4H3/b24-16-/t17-,22-,23-/m1/s1. The van der Waals surface area contributed by atoms with E-state index in [2.05, 4.69) is 60.8 Å². The van der Waals surface area contributed by atoms with Gasteiger partial charge in [0.1, 0.15) is 17.6 Å². The van der Waals surface area contributed by atoms with Crippen LogP contribution in [0.5, 0.6) is 5.75 Å². The summed E-state index contributed by atoms with van der Waals surface area (Å²) in [6, 6.07) is 14.2. The van der Waals surface area contributed by atoms with Gasteiger partial charge < -0.3 is 14.8 Å². The molecule has 2 aromatic carbocycles. The van der Waals surface area contributed by atoms with E-state index in [-0.39, 0.29) is 17.0 Å². The molecule has 3 atom stereocenters. The van der Waals surface area contributed by atoms with E-state index < -0.39 is 23.9 Å². The van der Waals surface area contributed by atoms with Crippen molar-refractivity contribution in [3.05, 3.63) is 69.4 Å². The lowest BCUT2D eigenvalue weighted by Gasteiger charge is -2.43. The van der Waals surface area contributed by atoms with Crippen LogP contribution < -0.4 is 10.1 Å². The molecule has 0 radical (unpaired) electrons. The second-order valence-electron chi connectivity index (χ2n) is 9.64. The molecule has 0 saturated heterocycles. The van der Waals surface area contributed by atoms with E-state index in [1.165, 1.54) is 31.4 Å². The van der Waals surface area contributed by atoms with Crippen molar-refractivity contribution >= 4 is 34.2 Å². The number of nitrogens with one attached hydrogen (secondary N) is 1. The average Bonchev–Trinajstić information content (AvgIpc) is 2.78. The van der Waals surface area contributed by atoms with Crippen molar-refractivity contribution < 1.29 is 27.4 Å². The number of hydrogen-bond acceptors (Lipinski definition) is 4. The Hall–Kier alpha value is -2.23. The molecule has 8 heteroatoms. The zero-order chi connectivity index (χ0) is 25.8. The van der Waals surface area contributed by atoms with Crippen LogP contribution in [0.2, 0.25) is 0 Å². The molecule has 35 heavy (non-hydrogen) atoms. The smallest absolute Gasteiger partial charge is 0.431 e. The molecule has 190 valence electrons. The number of esters is 1. The first-order valence-corrected chi connectivity index (χ1v) is 12.6. The van der Waals surface area contributed by atoms with Gasteiger partial charge in [0.05, 0.1) is 13.2 Å². The maximum absolute atomic E-state index is 13.7. The summed E-state index contributed by atoms with van der Waals surface area (Å²) in [5.41, 5.74) is -0.185. The molecule has 3 rings (SSSR count). The molecule has 0 bridgehead atoms. The van der Waals surface area contributed by atoms with Crippen LogP contribution >= 0.6 is 22.6 Å². The van der Waals surface area contributed by atoms with Gasteiger partial charge in [0.25, 0.3) is 0 Å². The highest BCUT2D eigenvalue weighted by Gasteiger charge is 2.42. The van der Waals surface area contributed by atoms with E-state index >= 15 is 0 Å². The van der Waals surface area contributed by atoms with Crippen molar-refractivity contribution in [3.63, 3.8) is 0 Å². The highest BCUT2D eigenvalue weighted by atomic mass is 127. The van der Waals surface area contributed by atoms with Crippen molar-refractivity contribution in [3.8, 4) is 5.75 Å². The van der Waals surface area contributed by atoms with Gasteiger partial charge in [-0.25, -0.2) is 4.79 Å². The Bertz CT molecular complexity index is 1030. The quantitative estimate of drug-likeness (QED) is 0.203. The fourth-order valence-corrected chi connectivity index (χ4v) is 5.06. The number of ether oxygens (including phenoxy) is 2. The minimum absolute atomic E-state index is 0.0139. The lowest BCUT2D eigenvalue weighted by molar-refractivity contribution is -0.151. The molecule has 0 unspecified atom stereocenters. The van der Waals surface area contributed by atoms with Crippen molar-refractivity contribution in [2.45, 2.75) is 57.7 Å². The van der Waals surface area contributed by atoms with E-state index in [1.54, 1.807) is 0 Å². The highest BCUT2D eigenvalue weighted by Crippen LogP contribution is 2.44. The van der Waals surface area contributed by atoms with Gasteiger partial charge in [-0.3, -0.25) is 0 Å². The number of benzene rings is 2. The molecule has 1 saturated carbocycles. The second-order valence-corrected chi connectivity index (χ2v) is 10.9. The van der Waals surface area contributed by atoms with E-state index in [4.69, 9.17) is 9.47 Å². The third-order valence-electron chi connectivity index (χ3n) is 6.77. The highest BCUT2D eigenvalue weighted by molar-refractivity contribution is 14.1. The zero-order valence-corrected chi connectivity index (χ0v) is 22.4. The lowest BCUT2D eigenvalue weighted by Crippen LogP contribution is -2.43. The summed E-state index contributed by atoms with van der Waals surface area (Å²) >= 11 is 2.25. The van der Waals surface area contributed by atoms with Crippen LogP contribution in [0.3, 0.4) is 0 Å². The summed E-state index contributed by atoms with van der Waals surface area (Å²) in [7, 11) is 1.47. The number of alkyl halides is 3.